The number of nitrogens with one attached hydrogen (secondary N) is 1. The molecule has 0 radical (unpaired) electrons. The van der Waals surface area contributed by atoms with Crippen molar-refractivity contribution in [3.05, 3.63) is 46.2 Å². The van der Waals surface area contributed by atoms with Crippen LogP contribution < -0.4 is 10.2 Å². The fourth-order valence-corrected chi connectivity index (χ4v) is 5.43. The number of thiophene rings is 1. The summed E-state index contributed by atoms with van der Waals surface area (Å²) < 4.78 is 7.58. The monoisotopic (exact) mass is 405 g/mol. The molecule has 4 aromatic rings. The molecule has 1 N–H and O–H groups in total. The van der Waals surface area contributed by atoms with E-state index in [1.165, 1.54) is 23.3 Å². The normalized spacial score (nSPS) is 14.0. The highest BCUT2D eigenvalue weighted by molar-refractivity contribution is 7.19. The molecular weight excluding hydrogens is 382 g/mol. The molecule has 0 spiro atoms. The largest absolute Gasteiger partial charge is 0.497 e. The number of aryl methyl sites for hydroxylation is 3. The highest BCUT2D eigenvalue weighted by atomic mass is 32.1. The third kappa shape index (κ3) is 2.97. The Morgan fingerprint density at radius 3 is 2.97 bits per heavy atom. The summed E-state index contributed by atoms with van der Waals surface area (Å²) in [4.78, 5) is 11.5. The number of aromatic nitrogens is 3. The summed E-state index contributed by atoms with van der Waals surface area (Å²) >= 11 is 1.80. The maximum Gasteiger partial charge on any atom is 0.158 e. The van der Waals surface area contributed by atoms with Gasteiger partial charge in [0.2, 0.25) is 0 Å². The maximum absolute atomic E-state index is 5.41. The van der Waals surface area contributed by atoms with Gasteiger partial charge in [-0.15, -0.1) is 11.3 Å². The van der Waals surface area contributed by atoms with Crippen molar-refractivity contribution in [3.8, 4) is 5.75 Å². The number of rotatable bonds is 4. The van der Waals surface area contributed by atoms with Crippen LogP contribution in [0.4, 0.5) is 5.82 Å². The van der Waals surface area contributed by atoms with Crippen LogP contribution >= 0.6 is 11.3 Å². The molecule has 3 heterocycles. The molecule has 1 aliphatic rings. The van der Waals surface area contributed by atoms with Crippen LogP contribution in [-0.4, -0.2) is 27.9 Å². The Morgan fingerprint density at radius 2 is 2.10 bits per heavy atom. The van der Waals surface area contributed by atoms with Crippen molar-refractivity contribution in [1.82, 2.24) is 14.5 Å². The first kappa shape index (κ1) is 18.1. The lowest BCUT2D eigenvalue weighted by atomic mass is 9.97. The fraction of sp³-hybridized carbons (Fsp3) is 0.318. The molecule has 6 nitrogen and oxygen atoms in total. The van der Waals surface area contributed by atoms with Gasteiger partial charge in [-0.1, -0.05) is 0 Å². The number of ether oxygens (including phenoxy) is 1. The Hall–Kier alpha value is -2.93. The molecule has 1 aromatic carbocycles. The van der Waals surface area contributed by atoms with Crippen LogP contribution in [0.25, 0.3) is 21.1 Å². The number of nitrogens with zero attached hydrogens (tertiary/aromatic N) is 4. The topological polar surface area (TPSA) is 64.3 Å². The van der Waals surface area contributed by atoms with Crippen molar-refractivity contribution < 1.29 is 4.74 Å². The van der Waals surface area contributed by atoms with E-state index < -0.39 is 0 Å². The molecule has 29 heavy (non-hydrogen) atoms. The number of methoxy groups -OCH3 is 1. The van der Waals surface area contributed by atoms with Crippen molar-refractivity contribution in [2.45, 2.75) is 32.6 Å². The minimum absolute atomic E-state index is 0.793. The summed E-state index contributed by atoms with van der Waals surface area (Å²) in [5.41, 5.74) is 7.97. The standard InChI is InChI=1S/C22H23N5OS/c1-13-17(16-10-14(28-3)8-9-18(16)27(13)2)11-25-26-21-20-15-6-4-5-7-19(15)29-22(20)24-12-23-21/h8-12H,4-7H2,1-3H3,(H,23,24,26). The average Bonchev–Trinajstić information content (AvgIpc) is 3.24. The third-order valence-corrected chi connectivity index (χ3v) is 7.06. The SMILES string of the molecule is COc1ccc2c(c1)c(C=NNc1ncnc3sc4c(c13)CCCC4)c(C)n2C. The van der Waals surface area contributed by atoms with Crippen molar-refractivity contribution >= 4 is 44.5 Å². The van der Waals surface area contributed by atoms with E-state index in [0.29, 0.717) is 0 Å². The quantitative estimate of drug-likeness (QED) is 0.390. The lowest BCUT2D eigenvalue weighted by Crippen LogP contribution is -2.01. The molecule has 5 rings (SSSR count). The van der Waals surface area contributed by atoms with Gasteiger partial charge in [-0.25, -0.2) is 9.97 Å². The number of benzene rings is 1. The predicted octanol–water partition coefficient (Wildman–Crippen LogP) is 4.82. The second-order valence-electron chi connectivity index (χ2n) is 7.42. The van der Waals surface area contributed by atoms with E-state index in [4.69, 9.17) is 4.74 Å². The van der Waals surface area contributed by atoms with Gasteiger partial charge in [-0.05, 0) is 56.4 Å². The minimum Gasteiger partial charge on any atom is -0.497 e. The highest BCUT2D eigenvalue weighted by Crippen LogP contribution is 2.38. The van der Waals surface area contributed by atoms with E-state index in [1.807, 2.05) is 12.3 Å². The van der Waals surface area contributed by atoms with E-state index in [0.717, 1.165) is 56.8 Å². The van der Waals surface area contributed by atoms with Crippen LogP contribution in [0.5, 0.6) is 5.75 Å². The van der Waals surface area contributed by atoms with Gasteiger partial charge in [0.15, 0.2) is 5.82 Å². The van der Waals surface area contributed by atoms with E-state index in [2.05, 4.69) is 51.2 Å². The van der Waals surface area contributed by atoms with Crippen molar-refractivity contribution in [3.63, 3.8) is 0 Å². The van der Waals surface area contributed by atoms with Crippen LogP contribution in [0.3, 0.4) is 0 Å². The van der Waals surface area contributed by atoms with Gasteiger partial charge < -0.3 is 9.30 Å². The van der Waals surface area contributed by atoms with E-state index >= 15 is 0 Å². The van der Waals surface area contributed by atoms with Gasteiger partial charge in [-0.3, -0.25) is 5.43 Å². The van der Waals surface area contributed by atoms with Crippen molar-refractivity contribution in [2.75, 3.05) is 12.5 Å². The zero-order chi connectivity index (χ0) is 20.0. The highest BCUT2D eigenvalue weighted by Gasteiger charge is 2.19. The Kier molecular flexibility index (Phi) is 4.47. The van der Waals surface area contributed by atoms with Crippen molar-refractivity contribution in [2.24, 2.45) is 12.1 Å². The zero-order valence-electron chi connectivity index (χ0n) is 16.8. The number of hydrazone groups is 1. The average molecular weight is 406 g/mol. The molecule has 1 aliphatic carbocycles. The second-order valence-corrected chi connectivity index (χ2v) is 8.51. The summed E-state index contributed by atoms with van der Waals surface area (Å²) in [6.07, 6.45) is 8.24. The van der Waals surface area contributed by atoms with Crippen molar-refractivity contribution in [1.29, 1.82) is 0 Å². The first-order valence-corrected chi connectivity index (χ1v) is 10.7. The van der Waals surface area contributed by atoms with Gasteiger partial charge in [0.1, 0.15) is 16.9 Å². The molecule has 3 aromatic heterocycles. The second kappa shape index (κ2) is 7.15. The zero-order valence-corrected chi connectivity index (χ0v) is 17.6. The molecule has 0 aliphatic heterocycles. The van der Waals surface area contributed by atoms with Gasteiger partial charge in [0.05, 0.1) is 18.7 Å². The minimum atomic E-state index is 0.793. The van der Waals surface area contributed by atoms with Crippen LogP contribution in [-0.2, 0) is 19.9 Å². The molecule has 0 saturated carbocycles. The van der Waals surface area contributed by atoms with E-state index in [9.17, 15) is 0 Å². The number of fused-ring (bicyclic) bond motifs is 4. The Labute approximate surface area is 173 Å². The number of anilines is 1. The summed E-state index contributed by atoms with van der Waals surface area (Å²) in [6.45, 7) is 2.10. The molecule has 0 unspecified atom stereocenters. The predicted molar refractivity (Wildman–Crippen MR) is 119 cm³/mol. The summed E-state index contributed by atoms with van der Waals surface area (Å²) in [6, 6.07) is 6.12. The maximum atomic E-state index is 5.41. The lowest BCUT2D eigenvalue weighted by Gasteiger charge is -2.11. The van der Waals surface area contributed by atoms with Crippen LogP contribution in [0.1, 0.15) is 34.5 Å². The molecule has 7 heteroatoms. The third-order valence-electron chi connectivity index (χ3n) is 5.86. The fourth-order valence-electron chi connectivity index (χ4n) is 4.20. The molecule has 0 bridgehead atoms. The Bertz CT molecular complexity index is 1250. The summed E-state index contributed by atoms with van der Waals surface area (Å²) in [7, 11) is 3.76. The first-order chi connectivity index (χ1) is 14.2. The molecule has 0 atom stereocenters. The van der Waals surface area contributed by atoms with Crippen LogP contribution in [0.2, 0.25) is 0 Å². The molecular formula is C22H23N5OS. The van der Waals surface area contributed by atoms with Crippen LogP contribution in [0, 0.1) is 6.92 Å². The Morgan fingerprint density at radius 1 is 1.24 bits per heavy atom. The lowest BCUT2D eigenvalue weighted by molar-refractivity contribution is 0.415. The van der Waals surface area contributed by atoms with E-state index in [1.54, 1.807) is 24.8 Å². The number of hydrogen-bond acceptors (Lipinski definition) is 6. The molecule has 148 valence electrons. The molecule has 0 fully saturated rings. The van der Waals surface area contributed by atoms with Gasteiger partial charge in [0, 0.05) is 34.1 Å². The van der Waals surface area contributed by atoms with E-state index in [-0.39, 0.29) is 0 Å². The number of hydrogen-bond donors (Lipinski definition) is 1. The summed E-state index contributed by atoms with van der Waals surface area (Å²) in [5, 5.41) is 6.82. The first-order valence-electron chi connectivity index (χ1n) is 9.84. The van der Waals surface area contributed by atoms with Gasteiger partial charge in [0.25, 0.3) is 0 Å². The smallest absolute Gasteiger partial charge is 0.158 e. The summed E-state index contributed by atoms with van der Waals surface area (Å²) in [5.74, 6) is 1.63. The molecule has 0 saturated heterocycles. The van der Waals surface area contributed by atoms with Crippen LogP contribution in [0.15, 0.2) is 29.6 Å². The van der Waals surface area contributed by atoms with Gasteiger partial charge in [-0.2, -0.15) is 5.10 Å². The Balaban J connectivity index is 1.52. The van der Waals surface area contributed by atoms with Gasteiger partial charge >= 0.3 is 0 Å². The molecule has 0 amide bonds.